The van der Waals surface area contributed by atoms with Gasteiger partial charge in [-0.05, 0) is 38.4 Å². The van der Waals surface area contributed by atoms with Crippen molar-refractivity contribution in [1.82, 2.24) is 15.2 Å². The van der Waals surface area contributed by atoms with Gasteiger partial charge in [0.15, 0.2) is 0 Å². The van der Waals surface area contributed by atoms with Crippen molar-refractivity contribution in [1.29, 1.82) is 0 Å². The number of rotatable bonds is 4. The molecule has 1 aromatic heterocycles. The summed E-state index contributed by atoms with van der Waals surface area (Å²) in [4.78, 5) is 18.2. The van der Waals surface area contributed by atoms with Crippen LogP contribution < -0.4 is 5.32 Å². The Kier molecular flexibility index (Phi) is 4.09. The van der Waals surface area contributed by atoms with E-state index in [-0.39, 0.29) is 5.91 Å². The Bertz CT molecular complexity index is 360. The summed E-state index contributed by atoms with van der Waals surface area (Å²) in [6.45, 7) is 4.59. The molecule has 1 atom stereocenters. The molecule has 0 saturated carbocycles. The number of carbonyl (C=O) groups excluding carboxylic acids is 1. The summed E-state index contributed by atoms with van der Waals surface area (Å²) in [5, 5.41) is 3.41. The van der Waals surface area contributed by atoms with Crippen molar-refractivity contribution < 1.29 is 4.79 Å². The molecule has 1 N–H and O–H groups in total. The average molecular weight is 233 g/mol. The van der Waals surface area contributed by atoms with Crippen molar-refractivity contribution in [2.24, 2.45) is 0 Å². The van der Waals surface area contributed by atoms with E-state index in [1.54, 1.807) is 12.3 Å². The molecule has 1 aromatic rings. The number of nitrogens with one attached hydrogen (secondary N) is 1. The van der Waals surface area contributed by atoms with E-state index < -0.39 is 0 Å². The highest BCUT2D eigenvalue weighted by Crippen LogP contribution is 2.09. The molecule has 0 radical (unpaired) electrons. The number of aromatic nitrogens is 1. The van der Waals surface area contributed by atoms with Crippen molar-refractivity contribution in [3.05, 3.63) is 30.1 Å². The van der Waals surface area contributed by atoms with Gasteiger partial charge in [0.1, 0.15) is 5.69 Å². The number of hydrogen-bond acceptors (Lipinski definition) is 3. The number of pyridine rings is 1. The number of nitrogens with zero attached hydrogens (tertiary/aromatic N) is 2. The van der Waals surface area contributed by atoms with E-state index in [0.29, 0.717) is 11.7 Å². The lowest BCUT2D eigenvalue weighted by atomic mass is 10.2. The number of amides is 1. The lowest BCUT2D eigenvalue weighted by molar-refractivity contribution is 0.0745. The molecule has 1 saturated heterocycles. The van der Waals surface area contributed by atoms with Crippen LogP contribution in [0.1, 0.15) is 30.3 Å². The first kappa shape index (κ1) is 12.0. The molecule has 0 spiro atoms. The van der Waals surface area contributed by atoms with Crippen LogP contribution in [-0.4, -0.2) is 41.5 Å². The quantitative estimate of drug-likeness (QED) is 0.852. The minimum absolute atomic E-state index is 0.0294. The molecule has 0 aromatic carbocycles. The molecular weight excluding hydrogens is 214 g/mol. The van der Waals surface area contributed by atoms with Gasteiger partial charge in [-0.25, -0.2) is 0 Å². The summed E-state index contributed by atoms with van der Waals surface area (Å²) in [6, 6.07) is 5.89. The number of carbonyl (C=O) groups is 1. The van der Waals surface area contributed by atoms with Crippen LogP contribution in [0.4, 0.5) is 0 Å². The molecule has 0 aliphatic carbocycles. The lowest BCUT2D eigenvalue weighted by Crippen LogP contribution is -2.41. The van der Waals surface area contributed by atoms with Crippen LogP contribution >= 0.6 is 0 Å². The van der Waals surface area contributed by atoms with Gasteiger partial charge in [0.25, 0.3) is 5.91 Å². The van der Waals surface area contributed by atoms with Crippen LogP contribution in [0.5, 0.6) is 0 Å². The van der Waals surface area contributed by atoms with Crippen LogP contribution in [0.15, 0.2) is 24.4 Å². The third kappa shape index (κ3) is 3.03. The Morgan fingerprint density at radius 3 is 3.06 bits per heavy atom. The summed E-state index contributed by atoms with van der Waals surface area (Å²) in [5.41, 5.74) is 0.535. The van der Waals surface area contributed by atoms with Gasteiger partial charge in [-0.15, -0.1) is 0 Å². The third-order valence-corrected chi connectivity index (χ3v) is 3.16. The maximum absolute atomic E-state index is 12.2. The third-order valence-electron chi connectivity index (χ3n) is 3.16. The van der Waals surface area contributed by atoms with Gasteiger partial charge >= 0.3 is 0 Å². The maximum atomic E-state index is 12.2. The SMILES string of the molecule is CCN(CC1CCCN1)C(=O)c1ccccn1. The molecule has 1 amide bonds. The first-order valence-electron chi connectivity index (χ1n) is 6.25. The molecule has 4 heteroatoms. The first-order valence-corrected chi connectivity index (χ1v) is 6.25. The van der Waals surface area contributed by atoms with Crippen LogP contribution in [-0.2, 0) is 0 Å². The van der Waals surface area contributed by atoms with E-state index in [2.05, 4.69) is 10.3 Å². The molecule has 4 nitrogen and oxygen atoms in total. The van der Waals surface area contributed by atoms with Gasteiger partial charge in [0.2, 0.25) is 0 Å². The van der Waals surface area contributed by atoms with Gasteiger partial charge in [0.05, 0.1) is 0 Å². The summed E-state index contributed by atoms with van der Waals surface area (Å²) >= 11 is 0. The lowest BCUT2D eigenvalue weighted by Gasteiger charge is -2.24. The molecule has 2 rings (SSSR count). The van der Waals surface area contributed by atoms with Crippen molar-refractivity contribution in [2.75, 3.05) is 19.6 Å². The van der Waals surface area contributed by atoms with E-state index in [1.807, 2.05) is 24.0 Å². The monoisotopic (exact) mass is 233 g/mol. The number of likely N-dealkylation sites (N-methyl/N-ethyl adjacent to an activating group) is 1. The van der Waals surface area contributed by atoms with E-state index >= 15 is 0 Å². The van der Waals surface area contributed by atoms with Gasteiger partial charge < -0.3 is 10.2 Å². The Balaban J connectivity index is 2.00. The predicted octanol–water partition coefficient (Wildman–Crippen LogP) is 1.30. The zero-order valence-electron chi connectivity index (χ0n) is 10.2. The Morgan fingerprint density at radius 2 is 2.47 bits per heavy atom. The topological polar surface area (TPSA) is 45.2 Å². The highest BCUT2D eigenvalue weighted by molar-refractivity contribution is 5.92. The van der Waals surface area contributed by atoms with Gasteiger partial charge in [0, 0.05) is 25.3 Å². The molecule has 17 heavy (non-hydrogen) atoms. The van der Waals surface area contributed by atoms with Crippen molar-refractivity contribution in [3.63, 3.8) is 0 Å². The second-order valence-electron chi connectivity index (χ2n) is 4.35. The summed E-state index contributed by atoms with van der Waals surface area (Å²) in [7, 11) is 0. The minimum Gasteiger partial charge on any atom is -0.336 e. The van der Waals surface area contributed by atoms with Gasteiger partial charge in [-0.3, -0.25) is 9.78 Å². The highest BCUT2D eigenvalue weighted by Gasteiger charge is 2.21. The van der Waals surface area contributed by atoms with E-state index in [1.165, 1.54) is 6.42 Å². The van der Waals surface area contributed by atoms with Gasteiger partial charge in [-0.2, -0.15) is 0 Å². The summed E-state index contributed by atoms with van der Waals surface area (Å²) in [6.07, 6.45) is 4.03. The van der Waals surface area contributed by atoms with E-state index in [0.717, 1.165) is 26.1 Å². The first-order chi connectivity index (χ1) is 8.31. The second-order valence-corrected chi connectivity index (χ2v) is 4.35. The van der Waals surface area contributed by atoms with Crippen molar-refractivity contribution in [3.8, 4) is 0 Å². The fourth-order valence-corrected chi connectivity index (χ4v) is 2.19. The fourth-order valence-electron chi connectivity index (χ4n) is 2.19. The molecule has 1 unspecified atom stereocenters. The van der Waals surface area contributed by atoms with Crippen molar-refractivity contribution >= 4 is 5.91 Å². The zero-order chi connectivity index (χ0) is 12.1. The van der Waals surface area contributed by atoms with Crippen LogP contribution in [0, 0.1) is 0 Å². The Hall–Kier alpha value is -1.42. The Labute approximate surface area is 102 Å². The predicted molar refractivity (Wildman–Crippen MR) is 66.8 cm³/mol. The smallest absolute Gasteiger partial charge is 0.272 e. The molecule has 1 aliphatic rings. The molecular formula is C13H19N3O. The highest BCUT2D eigenvalue weighted by atomic mass is 16.2. The zero-order valence-corrected chi connectivity index (χ0v) is 10.2. The second kappa shape index (κ2) is 5.77. The molecule has 0 bridgehead atoms. The fraction of sp³-hybridized carbons (Fsp3) is 0.538. The van der Waals surface area contributed by atoms with E-state index in [9.17, 15) is 4.79 Å². The Morgan fingerprint density at radius 1 is 1.59 bits per heavy atom. The summed E-state index contributed by atoms with van der Waals surface area (Å²) in [5.74, 6) is 0.0294. The normalized spacial score (nSPS) is 19.2. The van der Waals surface area contributed by atoms with Crippen LogP contribution in [0.3, 0.4) is 0 Å². The average Bonchev–Trinajstić information content (AvgIpc) is 2.89. The standard InChI is InChI=1S/C13H19N3O/c1-2-16(10-11-6-5-9-14-11)13(17)12-7-3-4-8-15-12/h3-4,7-8,11,14H,2,5-6,9-10H2,1H3. The van der Waals surface area contributed by atoms with Gasteiger partial charge in [-0.1, -0.05) is 6.07 Å². The maximum Gasteiger partial charge on any atom is 0.272 e. The molecule has 1 fully saturated rings. The largest absolute Gasteiger partial charge is 0.336 e. The van der Waals surface area contributed by atoms with Crippen LogP contribution in [0.2, 0.25) is 0 Å². The summed E-state index contributed by atoms with van der Waals surface area (Å²) < 4.78 is 0. The molecule has 92 valence electrons. The van der Waals surface area contributed by atoms with E-state index in [4.69, 9.17) is 0 Å². The van der Waals surface area contributed by atoms with Crippen LogP contribution in [0.25, 0.3) is 0 Å². The minimum atomic E-state index is 0.0294. The van der Waals surface area contributed by atoms with Crippen molar-refractivity contribution in [2.45, 2.75) is 25.8 Å². The molecule has 1 aliphatic heterocycles. The molecule has 2 heterocycles. The number of hydrogen-bond donors (Lipinski definition) is 1.